The Hall–Kier alpha value is -2.11. The van der Waals surface area contributed by atoms with E-state index in [-0.39, 0.29) is 23.3 Å². The van der Waals surface area contributed by atoms with Gasteiger partial charge in [-0.2, -0.15) is 5.10 Å². The summed E-state index contributed by atoms with van der Waals surface area (Å²) < 4.78 is 5.51. The highest BCUT2D eigenvalue weighted by molar-refractivity contribution is 6.17. The fourth-order valence-electron chi connectivity index (χ4n) is 4.65. The van der Waals surface area contributed by atoms with Crippen molar-refractivity contribution in [2.45, 2.75) is 91.1 Å². The molecule has 3 rings (SSSR count). The number of nitrogens with zero attached hydrogens (tertiary/aromatic N) is 2. The van der Waals surface area contributed by atoms with E-state index >= 15 is 0 Å². The lowest BCUT2D eigenvalue weighted by molar-refractivity contribution is -0.140. The van der Waals surface area contributed by atoms with E-state index in [4.69, 9.17) is 4.74 Å². The monoisotopic (exact) mass is 401 g/mol. The molecule has 0 aromatic carbocycles. The lowest BCUT2D eigenvalue weighted by Crippen LogP contribution is -2.40. The molecule has 1 aliphatic heterocycles. The lowest BCUT2D eigenvalue weighted by atomic mass is 9.81. The minimum absolute atomic E-state index is 0.0419. The SMILES string of the molecule is CCCc1[nH]nc2c1C(C)(C)CN(C(=O)C1CCCCC1)C=C2C(=O)OC(C)C. The second-order valence-corrected chi connectivity index (χ2v) is 9.36. The molecule has 0 atom stereocenters. The highest BCUT2D eigenvalue weighted by atomic mass is 16.5. The number of aromatic nitrogens is 2. The summed E-state index contributed by atoms with van der Waals surface area (Å²) in [7, 11) is 0. The van der Waals surface area contributed by atoms with Gasteiger partial charge < -0.3 is 9.64 Å². The fraction of sp³-hybridized carbons (Fsp3) is 0.696. The van der Waals surface area contributed by atoms with Crippen LogP contribution in [0.15, 0.2) is 6.20 Å². The first-order valence-electron chi connectivity index (χ1n) is 11.1. The third-order valence-corrected chi connectivity index (χ3v) is 5.92. The molecule has 1 aliphatic carbocycles. The molecule has 1 fully saturated rings. The quantitative estimate of drug-likeness (QED) is 0.744. The number of esters is 1. The van der Waals surface area contributed by atoms with Crippen LogP contribution in [0.1, 0.15) is 90.1 Å². The molecule has 6 heteroatoms. The Morgan fingerprint density at radius 1 is 1.28 bits per heavy atom. The number of aromatic amines is 1. The minimum Gasteiger partial charge on any atom is -0.459 e. The van der Waals surface area contributed by atoms with Crippen molar-refractivity contribution >= 4 is 17.4 Å². The number of amides is 1. The van der Waals surface area contributed by atoms with Gasteiger partial charge in [-0.25, -0.2) is 4.79 Å². The molecular formula is C23H35N3O3. The smallest absolute Gasteiger partial charge is 0.342 e. The molecule has 0 spiro atoms. The van der Waals surface area contributed by atoms with Crippen molar-refractivity contribution < 1.29 is 14.3 Å². The van der Waals surface area contributed by atoms with E-state index < -0.39 is 5.97 Å². The van der Waals surface area contributed by atoms with Crippen LogP contribution in [0.3, 0.4) is 0 Å². The maximum absolute atomic E-state index is 13.4. The van der Waals surface area contributed by atoms with Crippen LogP contribution in [0.2, 0.25) is 0 Å². The van der Waals surface area contributed by atoms with Gasteiger partial charge in [-0.1, -0.05) is 46.5 Å². The molecule has 2 aliphatic rings. The van der Waals surface area contributed by atoms with Crippen molar-refractivity contribution in [3.8, 4) is 0 Å². The number of aryl methyl sites for hydroxylation is 1. The number of carbonyl (C=O) groups is 2. The van der Waals surface area contributed by atoms with E-state index in [0.717, 1.165) is 49.8 Å². The van der Waals surface area contributed by atoms with Gasteiger partial charge >= 0.3 is 5.97 Å². The van der Waals surface area contributed by atoms with Gasteiger partial charge in [0.1, 0.15) is 11.3 Å². The topological polar surface area (TPSA) is 75.3 Å². The van der Waals surface area contributed by atoms with E-state index in [9.17, 15) is 9.59 Å². The Morgan fingerprint density at radius 2 is 1.97 bits per heavy atom. The van der Waals surface area contributed by atoms with Crippen LogP contribution in [0.5, 0.6) is 0 Å². The third-order valence-electron chi connectivity index (χ3n) is 5.92. The van der Waals surface area contributed by atoms with E-state index in [2.05, 4.69) is 31.0 Å². The zero-order valence-electron chi connectivity index (χ0n) is 18.5. The summed E-state index contributed by atoms with van der Waals surface area (Å²) in [5.74, 6) is -0.256. The van der Waals surface area contributed by atoms with Gasteiger partial charge in [-0.05, 0) is 33.1 Å². The van der Waals surface area contributed by atoms with Crippen molar-refractivity contribution in [3.63, 3.8) is 0 Å². The molecule has 0 saturated heterocycles. The van der Waals surface area contributed by atoms with Crippen molar-refractivity contribution in [1.82, 2.24) is 15.1 Å². The second-order valence-electron chi connectivity index (χ2n) is 9.36. The average molecular weight is 402 g/mol. The number of ether oxygens (including phenoxy) is 1. The van der Waals surface area contributed by atoms with E-state index in [1.165, 1.54) is 6.42 Å². The van der Waals surface area contributed by atoms with Gasteiger partial charge in [0.25, 0.3) is 0 Å². The predicted molar refractivity (Wildman–Crippen MR) is 113 cm³/mol. The normalized spacial score (nSPS) is 19.5. The number of H-pyrrole nitrogens is 1. The van der Waals surface area contributed by atoms with Crippen molar-refractivity contribution in [1.29, 1.82) is 0 Å². The summed E-state index contributed by atoms with van der Waals surface area (Å²) in [6.45, 7) is 10.6. The van der Waals surface area contributed by atoms with Crippen molar-refractivity contribution in [3.05, 3.63) is 23.2 Å². The van der Waals surface area contributed by atoms with Crippen molar-refractivity contribution in [2.75, 3.05) is 6.54 Å². The number of fused-ring (bicyclic) bond motifs is 1. The van der Waals surface area contributed by atoms with Crippen LogP contribution in [-0.4, -0.2) is 39.6 Å². The molecule has 29 heavy (non-hydrogen) atoms. The number of hydrogen-bond acceptors (Lipinski definition) is 4. The van der Waals surface area contributed by atoms with Gasteiger partial charge in [0.2, 0.25) is 5.91 Å². The predicted octanol–water partition coefficient (Wildman–Crippen LogP) is 4.35. The number of hydrogen-bond donors (Lipinski definition) is 1. The van der Waals surface area contributed by atoms with Crippen LogP contribution in [0.25, 0.3) is 5.57 Å². The maximum atomic E-state index is 13.4. The molecule has 0 radical (unpaired) electrons. The molecule has 6 nitrogen and oxygen atoms in total. The first-order chi connectivity index (χ1) is 13.7. The van der Waals surface area contributed by atoms with Crippen LogP contribution < -0.4 is 0 Å². The molecule has 2 heterocycles. The van der Waals surface area contributed by atoms with E-state index in [1.54, 1.807) is 11.1 Å². The summed E-state index contributed by atoms with van der Waals surface area (Å²) in [4.78, 5) is 28.1. The number of rotatable bonds is 5. The Morgan fingerprint density at radius 3 is 2.59 bits per heavy atom. The Kier molecular flexibility index (Phi) is 6.49. The zero-order chi connectivity index (χ0) is 21.2. The van der Waals surface area contributed by atoms with Gasteiger partial charge in [0.05, 0.1) is 6.10 Å². The average Bonchev–Trinajstić information content (AvgIpc) is 3.04. The summed E-state index contributed by atoms with van der Waals surface area (Å²) in [5.41, 5.74) is 2.76. The summed E-state index contributed by atoms with van der Waals surface area (Å²) in [6.07, 6.45) is 8.56. The first-order valence-corrected chi connectivity index (χ1v) is 11.1. The molecule has 1 amide bonds. The Bertz CT molecular complexity index is 785. The first kappa shape index (κ1) is 21.6. The van der Waals surface area contributed by atoms with Crippen LogP contribution in [0.4, 0.5) is 0 Å². The Labute approximate surface area is 174 Å². The minimum atomic E-state index is -0.421. The molecule has 160 valence electrons. The van der Waals surface area contributed by atoms with Crippen LogP contribution in [0, 0.1) is 5.92 Å². The Balaban J connectivity index is 2.05. The van der Waals surface area contributed by atoms with Gasteiger partial charge in [-0.3, -0.25) is 9.89 Å². The summed E-state index contributed by atoms with van der Waals surface area (Å²) in [5, 5.41) is 7.66. The third kappa shape index (κ3) is 4.57. The second kappa shape index (κ2) is 8.72. The van der Waals surface area contributed by atoms with E-state index in [0.29, 0.717) is 17.8 Å². The molecule has 0 bridgehead atoms. The van der Waals surface area contributed by atoms with Crippen molar-refractivity contribution in [2.24, 2.45) is 5.92 Å². The zero-order valence-corrected chi connectivity index (χ0v) is 18.5. The highest BCUT2D eigenvalue weighted by Crippen LogP contribution is 2.38. The van der Waals surface area contributed by atoms with Crippen LogP contribution in [-0.2, 0) is 26.2 Å². The molecule has 1 saturated carbocycles. The summed E-state index contributed by atoms with van der Waals surface area (Å²) in [6, 6.07) is 0. The standard InChI is InChI=1S/C23H35N3O3/c1-6-10-18-19-20(25-24-18)17(22(28)29-15(2)3)13-26(14-23(19,4)5)21(27)16-11-8-7-9-12-16/h13,15-16H,6-12,14H2,1-5H3,(H,24,25). The number of nitrogens with one attached hydrogen (secondary N) is 1. The van der Waals surface area contributed by atoms with Crippen LogP contribution >= 0.6 is 0 Å². The molecular weight excluding hydrogens is 366 g/mol. The largest absolute Gasteiger partial charge is 0.459 e. The van der Waals surface area contributed by atoms with E-state index in [1.807, 2.05) is 13.8 Å². The lowest BCUT2D eigenvalue weighted by Gasteiger charge is -2.32. The van der Waals surface area contributed by atoms with Gasteiger partial charge in [0, 0.05) is 35.3 Å². The summed E-state index contributed by atoms with van der Waals surface area (Å²) >= 11 is 0. The molecule has 1 aromatic heterocycles. The molecule has 1 N–H and O–H groups in total. The number of carbonyl (C=O) groups excluding carboxylic acids is 2. The maximum Gasteiger partial charge on any atom is 0.342 e. The van der Waals surface area contributed by atoms with Gasteiger partial charge in [-0.15, -0.1) is 0 Å². The van der Waals surface area contributed by atoms with Gasteiger partial charge in [0.15, 0.2) is 0 Å². The molecule has 1 aromatic rings. The fourth-order valence-corrected chi connectivity index (χ4v) is 4.65. The highest BCUT2D eigenvalue weighted by Gasteiger charge is 2.39. The molecule has 0 unspecified atom stereocenters.